The van der Waals surface area contributed by atoms with Gasteiger partial charge in [0.15, 0.2) is 0 Å². The van der Waals surface area contributed by atoms with Crippen LogP contribution in [-0.2, 0) is 9.59 Å². The van der Waals surface area contributed by atoms with Gasteiger partial charge in [0.1, 0.15) is 0 Å². The molecule has 0 radical (unpaired) electrons. The van der Waals surface area contributed by atoms with Crippen LogP contribution in [0.5, 0.6) is 0 Å². The van der Waals surface area contributed by atoms with Gasteiger partial charge in [-0.3, -0.25) is 9.59 Å². The molecule has 0 spiro atoms. The van der Waals surface area contributed by atoms with Gasteiger partial charge in [0.25, 0.3) is 0 Å². The number of carbonyl (C=O) groups is 2. The second-order valence-electron chi connectivity index (χ2n) is 4.76. The maximum Gasteiger partial charge on any atom is 0.329 e. The van der Waals surface area contributed by atoms with Gasteiger partial charge in [-0.1, -0.05) is 54.6 Å². The van der Waals surface area contributed by atoms with Crippen molar-refractivity contribution in [2.24, 2.45) is 5.10 Å². The molecule has 0 heterocycles. The van der Waals surface area contributed by atoms with E-state index in [9.17, 15) is 9.59 Å². The fourth-order valence-corrected chi connectivity index (χ4v) is 1.80. The van der Waals surface area contributed by atoms with E-state index in [1.807, 2.05) is 55.5 Å². The molecule has 2 rings (SSSR count). The molecule has 2 amide bonds. The molecule has 23 heavy (non-hydrogen) atoms. The van der Waals surface area contributed by atoms with E-state index in [2.05, 4.69) is 15.8 Å². The van der Waals surface area contributed by atoms with Crippen molar-refractivity contribution in [3.8, 4) is 0 Å². The van der Waals surface area contributed by atoms with E-state index in [1.165, 1.54) is 6.21 Å². The Morgan fingerprint density at radius 3 is 2.39 bits per heavy atom. The minimum absolute atomic E-state index is 0.598. The first-order valence-corrected chi connectivity index (χ1v) is 7.08. The van der Waals surface area contributed by atoms with Crippen LogP contribution in [0.3, 0.4) is 0 Å². The summed E-state index contributed by atoms with van der Waals surface area (Å²) < 4.78 is 0. The van der Waals surface area contributed by atoms with Crippen LogP contribution in [0.15, 0.2) is 65.8 Å². The van der Waals surface area contributed by atoms with Crippen molar-refractivity contribution in [2.75, 3.05) is 5.32 Å². The first-order valence-electron chi connectivity index (χ1n) is 7.08. The average molecular weight is 307 g/mol. The number of hydrogen-bond donors (Lipinski definition) is 2. The number of rotatable bonds is 4. The molecule has 0 aliphatic rings. The van der Waals surface area contributed by atoms with Crippen molar-refractivity contribution in [3.63, 3.8) is 0 Å². The van der Waals surface area contributed by atoms with Crippen LogP contribution in [0.2, 0.25) is 0 Å². The van der Waals surface area contributed by atoms with Crippen LogP contribution in [0, 0.1) is 6.92 Å². The molecule has 0 unspecified atom stereocenters. The van der Waals surface area contributed by atoms with Gasteiger partial charge < -0.3 is 5.32 Å². The van der Waals surface area contributed by atoms with E-state index in [4.69, 9.17) is 0 Å². The number of carbonyl (C=O) groups excluding carboxylic acids is 2. The van der Waals surface area contributed by atoms with E-state index in [0.717, 1.165) is 11.1 Å². The monoisotopic (exact) mass is 307 g/mol. The lowest BCUT2D eigenvalue weighted by atomic mass is 10.2. The third-order valence-corrected chi connectivity index (χ3v) is 3.01. The minimum atomic E-state index is -0.822. The highest BCUT2D eigenvalue weighted by Gasteiger charge is 2.13. The molecule has 2 aromatic carbocycles. The second-order valence-corrected chi connectivity index (χ2v) is 4.76. The molecule has 5 heteroatoms. The van der Waals surface area contributed by atoms with Crippen LogP contribution in [0.4, 0.5) is 5.69 Å². The van der Waals surface area contributed by atoms with E-state index < -0.39 is 11.8 Å². The van der Waals surface area contributed by atoms with Gasteiger partial charge in [0.2, 0.25) is 0 Å². The fourth-order valence-electron chi connectivity index (χ4n) is 1.80. The van der Waals surface area contributed by atoms with Gasteiger partial charge in [-0.15, -0.1) is 0 Å². The van der Waals surface area contributed by atoms with Gasteiger partial charge in [0, 0.05) is 11.9 Å². The molecule has 2 N–H and O–H groups in total. The lowest BCUT2D eigenvalue weighted by Gasteiger charge is -2.06. The molecule has 0 atom stereocenters. The van der Waals surface area contributed by atoms with Crippen LogP contribution >= 0.6 is 0 Å². The van der Waals surface area contributed by atoms with Crippen molar-refractivity contribution in [3.05, 3.63) is 71.8 Å². The number of nitrogens with one attached hydrogen (secondary N) is 2. The fraction of sp³-hybridized carbons (Fsp3) is 0.0556. The molecule has 0 saturated heterocycles. The van der Waals surface area contributed by atoms with Gasteiger partial charge in [0.05, 0.1) is 0 Å². The normalized spacial score (nSPS) is 10.8. The SMILES string of the molecule is Cc1ccccc1NC(=O)C(=O)NN=CC=Cc1ccccc1. The zero-order valence-electron chi connectivity index (χ0n) is 12.7. The summed E-state index contributed by atoms with van der Waals surface area (Å²) in [7, 11) is 0. The smallest absolute Gasteiger partial charge is 0.317 e. The average Bonchev–Trinajstić information content (AvgIpc) is 2.57. The van der Waals surface area contributed by atoms with Gasteiger partial charge >= 0.3 is 11.8 Å². The molecule has 116 valence electrons. The first kappa shape index (κ1) is 16.2. The number of allylic oxidation sites excluding steroid dienone is 1. The summed E-state index contributed by atoms with van der Waals surface area (Å²) in [6.07, 6.45) is 4.92. The van der Waals surface area contributed by atoms with Crippen LogP contribution in [0.1, 0.15) is 11.1 Å². The number of nitrogens with zero attached hydrogens (tertiary/aromatic N) is 1. The van der Waals surface area contributed by atoms with E-state index in [-0.39, 0.29) is 0 Å². The maximum absolute atomic E-state index is 11.7. The highest BCUT2D eigenvalue weighted by Crippen LogP contribution is 2.12. The molecule has 5 nitrogen and oxygen atoms in total. The van der Waals surface area contributed by atoms with Crippen molar-refractivity contribution in [1.29, 1.82) is 0 Å². The molecule has 0 aromatic heterocycles. The predicted molar refractivity (Wildman–Crippen MR) is 91.9 cm³/mol. The number of benzene rings is 2. The molecule has 0 aliphatic carbocycles. The summed E-state index contributed by atoms with van der Waals surface area (Å²) in [4.78, 5) is 23.4. The molecule has 0 bridgehead atoms. The molecular formula is C18H17N3O2. The second kappa shape index (κ2) is 8.29. The van der Waals surface area contributed by atoms with Crippen molar-refractivity contribution < 1.29 is 9.59 Å². The quantitative estimate of drug-likeness (QED) is 0.518. The Kier molecular flexibility index (Phi) is 5.82. The van der Waals surface area contributed by atoms with E-state index >= 15 is 0 Å². The zero-order valence-corrected chi connectivity index (χ0v) is 12.7. The Hall–Kier alpha value is -3.21. The number of hydrazone groups is 1. The summed E-state index contributed by atoms with van der Waals surface area (Å²) >= 11 is 0. The summed E-state index contributed by atoms with van der Waals surface area (Å²) in [6, 6.07) is 16.9. The summed E-state index contributed by atoms with van der Waals surface area (Å²) in [5.41, 5.74) is 4.67. The third-order valence-electron chi connectivity index (χ3n) is 3.01. The highest BCUT2D eigenvalue weighted by atomic mass is 16.2. The molecule has 0 saturated carbocycles. The number of para-hydroxylation sites is 1. The lowest BCUT2D eigenvalue weighted by molar-refractivity contribution is -0.136. The largest absolute Gasteiger partial charge is 0.329 e. The molecule has 0 aliphatic heterocycles. The van der Waals surface area contributed by atoms with Gasteiger partial charge in [-0.2, -0.15) is 5.10 Å². The Labute approximate surface area is 134 Å². The lowest BCUT2D eigenvalue weighted by Crippen LogP contribution is -2.32. The Morgan fingerprint density at radius 2 is 1.65 bits per heavy atom. The Morgan fingerprint density at radius 1 is 0.957 bits per heavy atom. The molecular weight excluding hydrogens is 290 g/mol. The minimum Gasteiger partial charge on any atom is -0.317 e. The Balaban J connectivity index is 1.82. The number of anilines is 1. The number of aryl methyl sites for hydroxylation is 1. The van der Waals surface area contributed by atoms with Crippen LogP contribution in [0.25, 0.3) is 6.08 Å². The van der Waals surface area contributed by atoms with Gasteiger partial charge in [-0.25, -0.2) is 5.43 Å². The third kappa shape index (κ3) is 5.24. The molecule has 0 fully saturated rings. The summed E-state index contributed by atoms with van der Waals surface area (Å²) in [5, 5.41) is 6.23. The highest BCUT2D eigenvalue weighted by molar-refractivity contribution is 6.39. The standard InChI is InChI=1S/C18H17N3O2/c1-14-8-5-6-12-16(14)20-17(22)18(23)21-19-13-7-11-15-9-3-2-4-10-15/h2-13H,1H3,(H,20,22)(H,21,23). The summed E-state index contributed by atoms with van der Waals surface area (Å²) in [6.45, 7) is 1.85. The maximum atomic E-state index is 11.7. The van der Waals surface area contributed by atoms with E-state index in [0.29, 0.717) is 5.69 Å². The van der Waals surface area contributed by atoms with E-state index in [1.54, 1.807) is 18.2 Å². The summed E-state index contributed by atoms with van der Waals surface area (Å²) in [5.74, 6) is -1.58. The van der Waals surface area contributed by atoms with Crippen LogP contribution in [-0.4, -0.2) is 18.0 Å². The van der Waals surface area contributed by atoms with Crippen molar-refractivity contribution in [1.82, 2.24) is 5.43 Å². The molecule has 2 aromatic rings. The number of amides is 2. The van der Waals surface area contributed by atoms with Crippen LogP contribution < -0.4 is 10.7 Å². The predicted octanol–water partition coefficient (Wildman–Crippen LogP) is 2.75. The van der Waals surface area contributed by atoms with Crippen molar-refractivity contribution in [2.45, 2.75) is 6.92 Å². The topological polar surface area (TPSA) is 70.6 Å². The first-order chi connectivity index (χ1) is 11.2. The van der Waals surface area contributed by atoms with Gasteiger partial charge in [-0.05, 0) is 30.2 Å². The number of hydrogen-bond acceptors (Lipinski definition) is 3. The van der Waals surface area contributed by atoms with Crippen molar-refractivity contribution >= 4 is 29.8 Å². The Bertz CT molecular complexity index is 737. The zero-order chi connectivity index (χ0) is 16.5.